The molecule has 1 aromatic rings. The molecule has 0 saturated carbocycles. The summed E-state index contributed by atoms with van der Waals surface area (Å²) in [5.41, 5.74) is 0. The Morgan fingerprint density at radius 2 is 2.36 bits per heavy atom. The van der Waals surface area contributed by atoms with Gasteiger partial charge in [0, 0.05) is 19.3 Å². The maximum Gasteiger partial charge on any atom is 0.324 e. The van der Waals surface area contributed by atoms with Crippen LogP contribution in [-0.2, 0) is 4.79 Å². The van der Waals surface area contributed by atoms with Gasteiger partial charge in [-0.1, -0.05) is 0 Å². The smallest absolute Gasteiger partial charge is 0.324 e. The molecule has 0 aromatic carbocycles. The van der Waals surface area contributed by atoms with Crippen molar-refractivity contribution in [2.45, 2.75) is 12.5 Å². The number of carbonyl (C=O) groups is 2. The number of ether oxygens (including phenoxy) is 2. The zero-order valence-corrected chi connectivity index (χ0v) is 12.1. The zero-order chi connectivity index (χ0) is 15.4. The predicted molar refractivity (Wildman–Crippen MR) is 76.7 cm³/mol. The monoisotopic (exact) mass is 306 g/mol. The second-order valence-corrected chi connectivity index (χ2v) is 5.19. The Morgan fingerprint density at radius 1 is 1.45 bits per heavy atom. The second-order valence-electron chi connectivity index (χ2n) is 5.19. The maximum atomic E-state index is 11.3. The van der Waals surface area contributed by atoms with Gasteiger partial charge in [-0.25, -0.2) is 9.78 Å². The highest BCUT2D eigenvalue weighted by atomic mass is 16.6. The maximum absolute atomic E-state index is 11.3. The number of rotatable bonds is 6. The van der Waals surface area contributed by atoms with E-state index in [0.717, 1.165) is 13.0 Å². The van der Waals surface area contributed by atoms with Crippen LogP contribution in [0.2, 0.25) is 0 Å². The summed E-state index contributed by atoms with van der Waals surface area (Å²) in [7, 11) is 0. The van der Waals surface area contributed by atoms with Gasteiger partial charge in [0.2, 0.25) is 5.91 Å². The van der Waals surface area contributed by atoms with Crippen molar-refractivity contribution in [2.75, 3.05) is 32.8 Å². The zero-order valence-electron chi connectivity index (χ0n) is 12.1. The van der Waals surface area contributed by atoms with Crippen LogP contribution in [0.25, 0.3) is 0 Å². The van der Waals surface area contributed by atoms with Crippen LogP contribution in [0.4, 0.5) is 4.79 Å². The molecule has 2 aliphatic rings. The molecule has 1 fully saturated rings. The third kappa shape index (κ3) is 3.45. The molecular weight excluding hydrogens is 288 g/mol. The van der Waals surface area contributed by atoms with E-state index in [1.54, 1.807) is 12.3 Å². The van der Waals surface area contributed by atoms with Gasteiger partial charge >= 0.3 is 6.03 Å². The minimum atomic E-state index is -0.309. The lowest BCUT2D eigenvalue weighted by Crippen LogP contribution is -2.39. The molecule has 3 heterocycles. The summed E-state index contributed by atoms with van der Waals surface area (Å²) in [5, 5.41) is 5.51. The van der Waals surface area contributed by atoms with Gasteiger partial charge in [-0.05, 0) is 25.1 Å². The molecule has 8 heteroatoms. The molecule has 1 aromatic heterocycles. The normalized spacial score (nSPS) is 20.2. The average molecular weight is 306 g/mol. The Morgan fingerprint density at radius 3 is 3.18 bits per heavy atom. The van der Waals surface area contributed by atoms with Crippen molar-refractivity contribution in [2.24, 2.45) is 0 Å². The number of pyridine rings is 1. The van der Waals surface area contributed by atoms with Gasteiger partial charge in [0.25, 0.3) is 5.88 Å². The van der Waals surface area contributed by atoms with Crippen LogP contribution in [0, 0.1) is 0 Å². The lowest BCUT2D eigenvalue weighted by molar-refractivity contribution is -0.118. The van der Waals surface area contributed by atoms with Crippen LogP contribution in [0.15, 0.2) is 18.3 Å². The summed E-state index contributed by atoms with van der Waals surface area (Å²) < 4.78 is 11.3. The number of hydrogen-bond acceptors (Lipinski definition) is 6. The summed E-state index contributed by atoms with van der Waals surface area (Å²) >= 11 is 0. The molecule has 0 bridgehead atoms. The van der Waals surface area contributed by atoms with E-state index >= 15 is 0 Å². The lowest BCUT2D eigenvalue weighted by atomic mass is 10.3. The molecule has 2 aliphatic heterocycles. The van der Waals surface area contributed by atoms with Gasteiger partial charge in [0.1, 0.15) is 19.3 Å². The Kier molecular flexibility index (Phi) is 4.38. The number of amides is 3. The number of nitrogens with one attached hydrogen (secondary N) is 2. The molecule has 22 heavy (non-hydrogen) atoms. The molecule has 0 radical (unpaired) electrons. The molecule has 2 N–H and O–H groups in total. The van der Waals surface area contributed by atoms with Crippen molar-refractivity contribution < 1.29 is 19.1 Å². The van der Waals surface area contributed by atoms with Crippen LogP contribution in [-0.4, -0.2) is 60.7 Å². The van der Waals surface area contributed by atoms with Gasteiger partial charge in [0.05, 0.1) is 0 Å². The van der Waals surface area contributed by atoms with Gasteiger partial charge < -0.3 is 19.7 Å². The minimum Gasteiger partial charge on any atom is -0.484 e. The van der Waals surface area contributed by atoms with Crippen molar-refractivity contribution in [3.63, 3.8) is 0 Å². The Labute approximate surface area is 127 Å². The molecule has 118 valence electrons. The van der Waals surface area contributed by atoms with E-state index in [1.165, 1.54) is 4.90 Å². The van der Waals surface area contributed by atoms with Crippen LogP contribution in [0.1, 0.15) is 6.42 Å². The van der Waals surface area contributed by atoms with Gasteiger partial charge in [0.15, 0.2) is 5.75 Å². The van der Waals surface area contributed by atoms with E-state index in [-0.39, 0.29) is 24.6 Å². The third-order valence-corrected chi connectivity index (χ3v) is 3.46. The van der Waals surface area contributed by atoms with Gasteiger partial charge in [-0.15, -0.1) is 0 Å². The summed E-state index contributed by atoms with van der Waals surface area (Å²) in [5.74, 6) is 0.952. The highest BCUT2D eigenvalue weighted by Gasteiger charge is 2.26. The van der Waals surface area contributed by atoms with Crippen LogP contribution < -0.4 is 20.1 Å². The molecule has 0 aliphatic carbocycles. The topological polar surface area (TPSA) is 92.8 Å². The highest BCUT2D eigenvalue weighted by Crippen LogP contribution is 2.27. The molecule has 8 nitrogen and oxygen atoms in total. The fourth-order valence-corrected chi connectivity index (χ4v) is 2.37. The molecule has 1 atom stereocenters. The average Bonchev–Trinajstić information content (AvgIpc) is 2.84. The van der Waals surface area contributed by atoms with Gasteiger partial charge in [-0.3, -0.25) is 10.1 Å². The second kappa shape index (κ2) is 6.61. The molecule has 0 spiro atoms. The lowest BCUT2D eigenvalue weighted by Gasteiger charge is -2.25. The minimum absolute atomic E-state index is 0.0842. The van der Waals surface area contributed by atoms with Crippen LogP contribution in [0.3, 0.4) is 0 Å². The summed E-state index contributed by atoms with van der Waals surface area (Å²) in [6.07, 6.45) is 2.35. The number of nitrogens with zero attached hydrogens (tertiary/aromatic N) is 2. The first-order valence-corrected chi connectivity index (χ1v) is 7.26. The Balaban J connectivity index is 1.33. The fraction of sp³-hybridized carbons (Fsp3) is 0.500. The van der Waals surface area contributed by atoms with Crippen LogP contribution >= 0.6 is 0 Å². The first kappa shape index (κ1) is 14.6. The van der Waals surface area contributed by atoms with E-state index in [9.17, 15) is 9.59 Å². The van der Waals surface area contributed by atoms with E-state index in [1.807, 2.05) is 6.07 Å². The molecule has 3 amide bonds. The summed E-state index contributed by atoms with van der Waals surface area (Å²) in [6.45, 7) is 2.56. The Bertz CT molecular complexity index is 566. The van der Waals surface area contributed by atoms with Gasteiger partial charge in [-0.2, -0.15) is 0 Å². The Hall–Kier alpha value is -2.35. The molecule has 1 unspecified atom stereocenters. The molecule has 3 rings (SSSR count). The SMILES string of the molecule is O=C1CN(CCCNCC2COc3cccnc3O2)C(=O)N1. The first-order chi connectivity index (χ1) is 10.7. The number of fused-ring (bicyclic) bond motifs is 1. The summed E-state index contributed by atoms with van der Waals surface area (Å²) in [4.78, 5) is 28.0. The number of aromatic nitrogens is 1. The largest absolute Gasteiger partial charge is 0.484 e. The van der Waals surface area contributed by atoms with Crippen molar-refractivity contribution in [3.8, 4) is 11.6 Å². The van der Waals surface area contributed by atoms with Crippen molar-refractivity contribution in [3.05, 3.63) is 18.3 Å². The van der Waals surface area contributed by atoms with Crippen molar-refractivity contribution in [1.82, 2.24) is 20.5 Å². The first-order valence-electron chi connectivity index (χ1n) is 7.26. The van der Waals surface area contributed by atoms with E-state index < -0.39 is 0 Å². The van der Waals surface area contributed by atoms with Crippen molar-refractivity contribution >= 4 is 11.9 Å². The quantitative estimate of drug-likeness (QED) is 0.556. The predicted octanol–water partition coefficient (Wildman–Crippen LogP) is -0.247. The standard InChI is InChI=1S/C14H18N4O4/c19-12-8-18(14(20)17-12)6-2-4-15-7-10-9-21-11-3-1-5-16-13(11)22-10/h1,3,5,10,15H,2,4,6-9H2,(H,17,19,20). The summed E-state index contributed by atoms with van der Waals surface area (Å²) in [6, 6.07) is 3.32. The third-order valence-electron chi connectivity index (χ3n) is 3.46. The molecular formula is C14H18N4O4. The molecule has 1 saturated heterocycles. The van der Waals surface area contributed by atoms with E-state index in [4.69, 9.17) is 9.47 Å². The van der Waals surface area contributed by atoms with Crippen molar-refractivity contribution in [1.29, 1.82) is 0 Å². The number of carbonyl (C=O) groups excluding carboxylic acids is 2. The van der Waals surface area contributed by atoms with E-state index in [0.29, 0.717) is 31.3 Å². The van der Waals surface area contributed by atoms with Crippen LogP contribution in [0.5, 0.6) is 11.6 Å². The number of imide groups is 1. The number of hydrogen-bond donors (Lipinski definition) is 2. The fourth-order valence-electron chi connectivity index (χ4n) is 2.37. The number of urea groups is 1. The highest BCUT2D eigenvalue weighted by molar-refractivity contribution is 6.01. The van der Waals surface area contributed by atoms with E-state index in [2.05, 4.69) is 15.6 Å².